The lowest BCUT2D eigenvalue weighted by Crippen LogP contribution is -2.25. The summed E-state index contributed by atoms with van der Waals surface area (Å²) in [6.07, 6.45) is 1.69. The van der Waals surface area contributed by atoms with Gasteiger partial charge in [-0.25, -0.2) is 4.39 Å². The molecule has 1 atom stereocenters. The van der Waals surface area contributed by atoms with Crippen LogP contribution in [0.1, 0.15) is 43.8 Å². The first-order chi connectivity index (χ1) is 10.2. The van der Waals surface area contributed by atoms with Crippen LogP contribution in [0, 0.1) is 5.82 Å². The van der Waals surface area contributed by atoms with E-state index in [4.69, 9.17) is 0 Å². The molecule has 1 N–H and O–H groups in total. The van der Waals surface area contributed by atoms with Gasteiger partial charge in [-0.15, -0.1) is 0 Å². The Hall–Kier alpha value is -1.68. The fourth-order valence-corrected chi connectivity index (χ4v) is 2.62. The maximum atomic E-state index is 13.4. The highest BCUT2D eigenvalue weighted by molar-refractivity contribution is 5.22. The summed E-state index contributed by atoms with van der Waals surface area (Å²) in [5.41, 5.74) is 3.29. The summed E-state index contributed by atoms with van der Waals surface area (Å²) in [6.45, 7) is 8.02. The van der Waals surface area contributed by atoms with Crippen molar-refractivity contribution in [1.29, 1.82) is 0 Å². The van der Waals surface area contributed by atoms with Crippen LogP contribution in [0.15, 0.2) is 30.3 Å². The molecule has 1 aromatic carbocycles. The molecule has 0 spiro atoms. The SMILES string of the molecule is CCNC(Cc1cccc(F)c1)c1cc(CC)nn1CC. The van der Waals surface area contributed by atoms with Crippen LogP contribution in [-0.2, 0) is 19.4 Å². The molecule has 4 heteroatoms. The quantitative estimate of drug-likeness (QED) is 0.845. The van der Waals surface area contributed by atoms with Gasteiger partial charge in [0.2, 0.25) is 0 Å². The van der Waals surface area contributed by atoms with Gasteiger partial charge in [-0.05, 0) is 50.1 Å². The molecule has 0 aliphatic rings. The number of nitrogens with zero attached hydrogens (tertiary/aromatic N) is 2. The van der Waals surface area contributed by atoms with E-state index in [0.717, 1.165) is 37.2 Å². The Labute approximate surface area is 126 Å². The molecular weight excluding hydrogens is 265 g/mol. The molecule has 2 rings (SSSR count). The van der Waals surface area contributed by atoms with E-state index in [2.05, 4.69) is 37.3 Å². The summed E-state index contributed by atoms with van der Waals surface area (Å²) in [5.74, 6) is -0.180. The second-order valence-corrected chi connectivity index (χ2v) is 5.17. The van der Waals surface area contributed by atoms with Crippen molar-refractivity contribution in [2.24, 2.45) is 0 Å². The maximum Gasteiger partial charge on any atom is 0.123 e. The highest BCUT2D eigenvalue weighted by Gasteiger charge is 2.17. The number of likely N-dealkylation sites (N-methyl/N-ethyl adjacent to an activating group) is 1. The molecule has 114 valence electrons. The number of benzene rings is 1. The molecular formula is C17H24FN3. The number of rotatable bonds is 7. The minimum absolute atomic E-state index is 0.157. The molecule has 1 aromatic heterocycles. The third-order valence-electron chi connectivity index (χ3n) is 3.66. The molecule has 0 radical (unpaired) electrons. The zero-order chi connectivity index (χ0) is 15.2. The lowest BCUT2D eigenvalue weighted by molar-refractivity contribution is 0.488. The topological polar surface area (TPSA) is 29.9 Å². The summed E-state index contributed by atoms with van der Waals surface area (Å²) in [4.78, 5) is 0. The van der Waals surface area contributed by atoms with Crippen LogP contribution in [0.2, 0.25) is 0 Å². The zero-order valence-electron chi connectivity index (χ0n) is 13.1. The van der Waals surface area contributed by atoms with E-state index in [1.807, 2.05) is 10.7 Å². The smallest absolute Gasteiger partial charge is 0.123 e. The van der Waals surface area contributed by atoms with E-state index in [0.29, 0.717) is 0 Å². The van der Waals surface area contributed by atoms with Crippen molar-refractivity contribution in [2.75, 3.05) is 6.54 Å². The maximum absolute atomic E-state index is 13.4. The average molecular weight is 289 g/mol. The first-order valence-corrected chi connectivity index (χ1v) is 7.72. The Bertz CT molecular complexity index is 577. The summed E-state index contributed by atoms with van der Waals surface area (Å²) >= 11 is 0. The molecule has 0 saturated carbocycles. The number of nitrogens with one attached hydrogen (secondary N) is 1. The van der Waals surface area contributed by atoms with E-state index in [1.54, 1.807) is 12.1 Å². The van der Waals surface area contributed by atoms with Crippen LogP contribution >= 0.6 is 0 Å². The van der Waals surface area contributed by atoms with E-state index >= 15 is 0 Å². The van der Waals surface area contributed by atoms with Gasteiger partial charge < -0.3 is 5.32 Å². The lowest BCUT2D eigenvalue weighted by Gasteiger charge is -2.19. The van der Waals surface area contributed by atoms with Crippen molar-refractivity contribution in [1.82, 2.24) is 15.1 Å². The Kier molecular flexibility index (Phi) is 5.51. The van der Waals surface area contributed by atoms with Gasteiger partial charge in [0.15, 0.2) is 0 Å². The highest BCUT2D eigenvalue weighted by Crippen LogP contribution is 2.20. The molecule has 1 heterocycles. The molecule has 3 nitrogen and oxygen atoms in total. The predicted molar refractivity (Wildman–Crippen MR) is 83.8 cm³/mol. The number of aryl methyl sites for hydroxylation is 2. The second-order valence-electron chi connectivity index (χ2n) is 5.17. The fourth-order valence-electron chi connectivity index (χ4n) is 2.62. The van der Waals surface area contributed by atoms with Crippen LogP contribution < -0.4 is 5.32 Å². The first-order valence-electron chi connectivity index (χ1n) is 7.72. The highest BCUT2D eigenvalue weighted by atomic mass is 19.1. The Balaban J connectivity index is 2.28. The van der Waals surface area contributed by atoms with Crippen molar-refractivity contribution >= 4 is 0 Å². The molecule has 0 amide bonds. The van der Waals surface area contributed by atoms with Gasteiger partial charge >= 0.3 is 0 Å². The van der Waals surface area contributed by atoms with Gasteiger partial charge in [0.05, 0.1) is 17.4 Å². The van der Waals surface area contributed by atoms with Gasteiger partial charge in [-0.3, -0.25) is 4.68 Å². The van der Waals surface area contributed by atoms with Gasteiger partial charge in [-0.2, -0.15) is 5.10 Å². The van der Waals surface area contributed by atoms with Crippen molar-refractivity contribution in [2.45, 2.75) is 46.2 Å². The largest absolute Gasteiger partial charge is 0.309 e. The number of aromatic nitrogens is 2. The monoisotopic (exact) mass is 289 g/mol. The third-order valence-corrected chi connectivity index (χ3v) is 3.66. The van der Waals surface area contributed by atoms with Crippen LogP contribution in [-0.4, -0.2) is 16.3 Å². The van der Waals surface area contributed by atoms with Crippen molar-refractivity contribution in [3.63, 3.8) is 0 Å². The van der Waals surface area contributed by atoms with Crippen LogP contribution in [0.5, 0.6) is 0 Å². The average Bonchev–Trinajstić information content (AvgIpc) is 2.90. The molecule has 0 aliphatic carbocycles. The van der Waals surface area contributed by atoms with Gasteiger partial charge in [0.1, 0.15) is 5.82 Å². The third kappa shape index (κ3) is 3.91. The second kappa shape index (κ2) is 7.36. The standard InChI is InChI=1S/C17H24FN3/c1-4-15-12-17(21(6-3)20-15)16(19-5-2)11-13-8-7-9-14(18)10-13/h7-10,12,16,19H,4-6,11H2,1-3H3. The molecule has 0 fully saturated rings. The minimum atomic E-state index is -0.180. The predicted octanol–water partition coefficient (Wildman–Crippen LogP) is 3.50. The Morgan fingerprint density at radius 2 is 2.05 bits per heavy atom. The van der Waals surface area contributed by atoms with E-state index < -0.39 is 0 Å². The van der Waals surface area contributed by atoms with E-state index in [1.165, 1.54) is 11.8 Å². The molecule has 2 aromatic rings. The van der Waals surface area contributed by atoms with Gasteiger partial charge in [-0.1, -0.05) is 26.0 Å². The van der Waals surface area contributed by atoms with E-state index in [9.17, 15) is 4.39 Å². The lowest BCUT2D eigenvalue weighted by atomic mass is 10.0. The Morgan fingerprint density at radius 1 is 1.24 bits per heavy atom. The van der Waals surface area contributed by atoms with Crippen molar-refractivity contribution in [3.8, 4) is 0 Å². The normalized spacial score (nSPS) is 12.6. The van der Waals surface area contributed by atoms with Crippen molar-refractivity contribution < 1.29 is 4.39 Å². The van der Waals surface area contributed by atoms with Gasteiger partial charge in [0, 0.05) is 6.54 Å². The van der Waals surface area contributed by atoms with Crippen LogP contribution in [0.4, 0.5) is 4.39 Å². The zero-order valence-corrected chi connectivity index (χ0v) is 13.1. The van der Waals surface area contributed by atoms with Gasteiger partial charge in [0.25, 0.3) is 0 Å². The summed E-state index contributed by atoms with van der Waals surface area (Å²) in [5, 5.41) is 8.11. The summed E-state index contributed by atoms with van der Waals surface area (Å²) in [6, 6.07) is 9.15. The molecule has 1 unspecified atom stereocenters. The minimum Gasteiger partial charge on any atom is -0.309 e. The number of halogens is 1. The molecule has 0 aliphatic heterocycles. The molecule has 0 bridgehead atoms. The first kappa shape index (κ1) is 15.7. The van der Waals surface area contributed by atoms with E-state index in [-0.39, 0.29) is 11.9 Å². The number of hydrogen-bond donors (Lipinski definition) is 1. The van der Waals surface area contributed by atoms with Crippen LogP contribution in [0.3, 0.4) is 0 Å². The number of hydrogen-bond acceptors (Lipinski definition) is 2. The fraction of sp³-hybridized carbons (Fsp3) is 0.471. The van der Waals surface area contributed by atoms with Crippen LogP contribution in [0.25, 0.3) is 0 Å². The Morgan fingerprint density at radius 3 is 2.67 bits per heavy atom. The molecule has 0 saturated heterocycles. The summed E-state index contributed by atoms with van der Waals surface area (Å²) < 4.78 is 15.4. The summed E-state index contributed by atoms with van der Waals surface area (Å²) in [7, 11) is 0. The van der Waals surface area contributed by atoms with Crippen molar-refractivity contribution in [3.05, 3.63) is 53.1 Å². The molecule has 21 heavy (non-hydrogen) atoms.